The van der Waals surface area contributed by atoms with Crippen molar-refractivity contribution in [2.45, 2.75) is 19.3 Å². The zero-order valence-electron chi connectivity index (χ0n) is 10.5. The first kappa shape index (κ1) is 12.6. The van der Waals surface area contributed by atoms with Gasteiger partial charge in [0.1, 0.15) is 5.69 Å². The molecule has 1 fully saturated rings. The van der Waals surface area contributed by atoms with Gasteiger partial charge in [0.2, 0.25) is 11.7 Å². The van der Waals surface area contributed by atoms with E-state index in [1.807, 2.05) is 0 Å². The van der Waals surface area contributed by atoms with Crippen LogP contribution in [-0.2, 0) is 6.42 Å². The van der Waals surface area contributed by atoms with E-state index in [1.54, 1.807) is 18.3 Å². The van der Waals surface area contributed by atoms with Crippen molar-refractivity contribution in [2.24, 2.45) is 5.92 Å². The molecule has 1 N–H and O–H groups in total. The molecule has 3 rings (SSSR count). The first-order chi connectivity index (χ1) is 9.33. The molecule has 0 saturated carbocycles. The lowest BCUT2D eigenvalue weighted by atomic mass is 10.0. The minimum Gasteiger partial charge on any atom is -0.339 e. The van der Waals surface area contributed by atoms with E-state index in [2.05, 4.69) is 20.4 Å². The van der Waals surface area contributed by atoms with E-state index in [9.17, 15) is 0 Å². The summed E-state index contributed by atoms with van der Waals surface area (Å²) in [6.45, 7) is 2.20. The molecule has 2 aromatic rings. The Labute approximate surface area is 116 Å². The maximum absolute atomic E-state index is 6.06. The monoisotopic (exact) mass is 278 g/mol. The molecule has 19 heavy (non-hydrogen) atoms. The maximum atomic E-state index is 6.06. The number of rotatable bonds is 4. The lowest BCUT2D eigenvalue weighted by molar-refractivity contribution is 0.365. The Bertz CT molecular complexity index is 551. The van der Waals surface area contributed by atoms with Crippen molar-refractivity contribution < 1.29 is 4.52 Å². The highest BCUT2D eigenvalue weighted by Crippen LogP contribution is 2.23. The molecule has 1 atom stereocenters. The van der Waals surface area contributed by atoms with Crippen LogP contribution in [0.15, 0.2) is 22.9 Å². The summed E-state index contributed by atoms with van der Waals surface area (Å²) in [5, 5.41) is 7.83. The number of hydrogen-bond acceptors (Lipinski definition) is 5. The number of nitrogens with zero attached hydrogens (tertiary/aromatic N) is 3. The average molecular weight is 279 g/mol. The molecule has 0 aliphatic carbocycles. The van der Waals surface area contributed by atoms with Gasteiger partial charge in [-0.1, -0.05) is 16.8 Å². The van der Waals surface area contributed by atoms with Crippen LogP contribution in [0.25, 0.3) is 11.5 Å². The van der Waals surface area contributed by atoms with Gasteiger partial charge in [0.15, 0.2) is 0 Å². The van der Waals surface area contributed by atoms with E-state index < -0.39 is 0 Å². The van der Waals surface area contributed by atoms with Crippen LogP contribution < -0.4 is 5.32 Å². The predicted octanol–water partition coefficient (Wildman–Crippen LogP) is 2.33. The fourth-order valence-corrected chi connectivity index (χ4v) is 2.50. The summed E-state index contributed by atoms with van der Waals surface area (Å²) in [6.07, 6.45) is 4.78. The SMILES string of the molecule is Clc1cccnc1-c1noc(CCC2CCNC2)n1. The largest absolute Gasteiger partial charge is 0.339 e. The zero-order chi connectivity index (χ0) is 13.1. The van der Waals surface area contributed by atoms with Crippen LogP contribution in [0, 0.1) is 5.92 Å². The number of halogens is 1. The number of nitrogens with one attached hydrogen (secondary N) is 1. The highest BCUT2D eigenvalue weighted by molar-refractivity contribution is 6.32. The molecule has 1 saturated heterocycles. The highest BCUT2D eigenvalue weighted by Gasteiger charge is 2.17. The van der Waals surface area contributed by atoms with Gasteiger partial charge in [-0.25, -0.2) is 0 Å². The second-order valence-corrected chi connectivity index (χ2v) is 5.15. The van der Waals surface area contributed by atoms with Crippen molar-refractivity contribution in [3.63, 3.8) is 0 Å². The summed E-state index contributed by atoms with van der Waals surface area (Å²) in [5.74, 6) is 1.84. The van der Waals surface area contributed by atoms with Crippen LogP contribution in [0.4, 0.5) is 0 Å². The van der Waals surface area contributed by atoms with Gasteiger partial charge in [0.05, 0.1) is 5.02 Å². The summed E-state index contributed by atoms with van der Waals surface area (Å²) in [7, 11) is 0. The van der Waals surface area contributed by atoms with E-state index in [1.165, 1.54) is 6.42 Å². The molecule has 0 bridgehead atoms. The zero-order valence-corrected chi connectivity index (χ0v) is 11.2. The first-order valence-electron chi connectivity index (χ1n) is 6.47. The van der Waals surface area contributed by atoms with Crippen LogP contribution in [-0.4, -0.2) is 28.2 Å². The van der Waals surface area contributed by atoms with Crippen LogP contribution in [0.5, 0.6) is 0 Å². The van der Waals surface area contributed by atoms with Gasteiger partial charge >= 0.3 is 0 Å². The van der Waals surface area contributed by atoms with E-state index in [-0.39, 0.29) is 0 Å². The fraction of sp³-hybridized carbons (Fsp3) is 0.462. The molecule has 5 nitrogen and oxygen atoms in total. The van der Waals surface area contributed by atoms with Gasteiger partial charge in [0, 0.05) is 12.6 Å². The van der Waals surface area contributed by atoms with Crippen LogP contribution >= 0.6 is 11.6 Å². The van der Waals surface area contributed by atoms with Crippen LogP contribution in [0.1, 0.15) is 18.7 Å². The normalized spacial score (nSPS) is 18.9. The summed E-state index contributed by atoms with van der Waals surface area (Å²) >= 11 is 6.06. The van der Waals surface area contributed by atoms with Crippen molar-refractivity contribution in [2.75, 3.05) is 13.1 Å². The molecule has 1 aliphatic rings. The van der Waals surface area contributed by atoms with Crippen molar-refractivity contribution in [3.05, 3.63) is 29.2 Å². The molecular formula is C13H15ClN4O. The number of hydrogen-bond donors (Lipinski definition) is 1. The molecule has 1 unspecified atom stereocenters. The van der Waals surface area contributed by atoms with E-state index in [4.69, 9.17) is 16.1 Å². The lowest BCUT2D eigenvalue weighted by Gasteiger charge is -2.03. The van der Waals surface area contributed by atoms with Gasteiger partial charge < -0.3 is 9.84 Å². The van der Waals surface area contributed by atoms with Crippen molar-refractivity contribution in [1.82, 2.24) is 20.4 Å². The molecule has 3 heterocycles. The average Bonchev–Trinajstić information content (AvgIpc) is 3.08. The minimum absolute atomic E-state index is 0.463. The molecule has 0 radical (unpaired) electrons. The van der Waals surface area contributed by atoms with Crippen molar-refractivity contribution in [3.8, 4) is 11.5 Å². The minimum atomic E-state index is 0.463. The molecule has 0 amide bonds. The summed E-state index contributed by atoms with van der Waals surface area (Å²) < 4.78 is 5.25. The third-order valence-corrected chi connectivity index (χ3v) is 3.67. The Morgan fingerprint density at radius 2 is 2.42 bits per heavy atom. The summed E-state index contributed by atoms with van der Waals surface area (Å²) in [5.41, 5.74) is 0.571. The fourth-order valence-electron chi connectivity index (χ4n) is 2.29. The van der Waals surface area contributed by atoms with Crippen molar-refractivity contribution in [1.29, 1.82) is 0 Å². The van der Waals surface area contributed by atoms with Crippen LogP contribution in [0.3, 0.4) is 0 Å². The standard InChI is InChI=1S/C13H15ClN4O/c14-10-2-1-6-16-12(10)13-17-11(19-18-13)4-3-9-5-7-15-8-9/h1-2,6,9,15H,3-5,7-8H2. The van der Waals surface area contributed by atoms with Gasteiger partial charge in [-0.2, -0.15) is 4.98 Å². The smallest absolute Gasteiger partial charge is 0.227 e. The second-order valence-electron chi connectivity index (χ2n) is 4.74. The number of pyridine rings is 1. The Morgan fingerprint density at radius 3 is 3.21 bits per heavy atom. The van der Waals surface area contributed by atoms with Gasteiger partial charge in [-0.3, -0.25) is 4.98 Å². The first-order valence-corrected chi connectivity index (χ1v) is 6.85. The van der Waals surface area contributed by atoms with Crippen LogP contribution in [0.2, 0.25) is 5.02 Å². The molecule has 0 spiro atoms. The number of aromatic nitrogens is 3. The Kier molecular flexibility index (Phi) is 3.75. The third kappa shape index (κ3) is 2.93. The Balaban J connectivity index is 1.67. The Hall–Kier alpha value is -1.46. The summed E-state index contributed by atoms with van der Waals surface area (Å²) in [4.78, 5) is 8.53. The lowest BCUT2D eigenvalue weighted by Crippen LogP contribution is -2.09. The predicted molar refractivity (Wildman–Crippen MR) is 71.8 cm³/mol. The third-order valence-electron chi connectivity index (χ3n) is 3.37. The topological polar surface area (TPSA) is 63.8 Å². The molecule has 1 aliphatic heterocycles. The van der Waals surface area contributed by atoms with Gasteiger partial charge in [-0.05, 0) is 44.0 Å². The van der Waals surface area contributed by atoms with Gasteiger partial charge in [-0.15, -0.1) is 0 Å². The summed E-state index contributed by atoms with van der Waals surface area (Å²) in [6, 6.07) is 3.55. The van der Waals surface area contributed by atoms with E-state index in [0.717, 1.165) is 25.9 Å². The van der Waals surface area contributed by atoms with Gasteiger partial charge in [0.25, 0.3) is 0 Å². The molecule has 0 aromatic carbocycles. The highest BCUT2D eigenvalue weighted by atomic mass is 35.5. The van der Waals surface area contributed by atoms with E-state index >= 15 is 0 Å². The maximum Gasteiger partial charge on any atom is 0.227 e. The quantitative estimate of drug-likeness (QED) is 0.930. The number of aryl methyl sites for hydroxylation is 1. The molecule has 2 aromatic heterocycles. The molecular weight excluding hydrogens is 264 g/mol. The second kappa shape index (κ2) is 5.67. The molecule has 6 heteroatoms. The Morgan fingerprint density at radius 1 is 1.47 bits per heavy atom. The molecule has 100 valence electrons. The van der Waals surface area contributed by atoms with Crippen molar-refractivity contribution >= 4 is 11.6 Å². The van der Waals surface area contributed by atoms with E-state index in [0.29, 0.717) is 28.3 Å².